The zero-order chi connectivity index (χ0) is 15.9. The number of carbonyl (C=O) groups excluding carboxylic acids is 1. The molecule has 0 saturated carbocycles. The van der Waals surface area contributed by atoms with Gasteiger partial charge in [0.25, 0.3) is 0 Å². The molecule has 2 heterocycles. The number of rotatable bonds is 3. The van der Waals surface area contributed by atoms with Gasteiger partial charge in [0.1, 0.15) is 11.6 Å². The highest BCUT2D eigenvalue weighted by atomic mass is 19.4. The van der Waals surface area contributed by atoms with Crippen LogP contribution in [-0.4, -0.2) is 18.0 Å². The summed E-state index contributed by atoms with van der Waals surface area (Å²) in [5, 5.41) is 0. The number of benzene rings is 1. The molecule has 0 radical (unpaired) electrons. The van der Waals surface area contributed by atoms with Crippen LogP contribution in [0.25, 0.3) is 0 Å². The summed E-state index contributed by atoms with van der Waals surface area (Å²) in [5.41, 5.74) is -1.01. The Morgan fingerprint density at radius 3 is 2.36 bits per heavy atom. The molecule has 22 heavy (non-hydrogen) atoms. The highest BCUT2D eigenvalue weighted by Gasteiger charge is 2.38. The predicted octanol–water partition coefficient (Wildman–Crippen LogP) is 3.91. The third-order valence-electron chi connectivity index (χ3n) is 4.49. The van der Waals surface area contributed by atoms with Crippen molar-refractivity contribution < 1.29 is 27.1 Å². The van der Waals surface area contributed by atoms with Crippen LogP contribution in [0.5, 0.6) is 0 Å². The molecule has 0 N–H and O–H groups in total. The van der Waals surface area contributed by atoms with Gasteiger partial charge < -0.3 is 4.74 Å². The van der Waals surface area contributed by atoms with Gasteiger partial charge in [-0.2, -0.15) is 13.2 Å². The SMILES string of the molecule is O=C(Cc1ccc(C(F)(F)F)cc1F)C1CC2CCC(C1)O2. The van der Waals surface area contributed by atoms with Crippen molar-refractivity contribution in [1.29, 1.82) is 0 Å². The number of hydrogen-bond donors (Lipinski definition) is 0. The lowest BCUT2D eigenvalue weighted by atomic mass is 9.88. The largest absolute Gasteiger partial charge is 0.416 e. The van der Waals surface area contributed by atoms with Crippen molar-refractivity contribution in [2.24, 2.45) is 5.92 Å². The molecule has 2 fully saturated rings. The number of fused-ring (bicyclic) bond motifs is 2. The Balaban J connectivity index is 1.69. The van der Waals surface area contributed by atoms with Gasteiger partial charge in [-0.25, -0.2) is 4.39 Å². The Labute approximate surface area is 125 Å². The molecule has 1 aromatic carbocycles. The first-order valence-electron chi connectivity index (χ1n) is 7.36. The summed E-state index contributed by atoms with van der Waals surface area (Å²) in [6.45, 7) is 0. The molecular formula is C16H16F4O2. The van der Waals surface area contributed by atoms with Crippen LogP contribution in [0.3, 0.4) is 0 Å². The minimum Gasteiger partial charge on any atom is -0.375 e. The third-order valence-corrected chi connectivity index (χ3v) is 4.49. The Morgan fingerprint density at radius 1 is 1.18 bits per heavy atom. The quantitative estimate of drug-likeness (QED) is 0.790. The zero-order valence-electron chi connectivity index (χ0n) is 11.8. The van der Waals surface area contributed by atoms with Crippen LogP contribution in [0.1, 0.15) is 36.8 Å². The molecule has 0 amide bonds. The summed E-state index contributed by atoms with van der Waals surface area (Å²) in [5.74, 6) is -1.26. The minimum atomic E-state index is -4.58. The molecular weight excluding hydrogens is 300 g/mol. The van der Waals surface area contributed by atoms with Crippen LogP contribution < -0.4 is 0 Å². The van der Waals surface area contributed by atoms with Crippen LogP contribution in [0.2, 0.25) is 0 Å². The van der Waals surface area contributed by atoms with E-state index in [9.17, 15) is 22.4 Å². The van der Waals surface area contributed by atoms with Crippen LogP contribution in [0.4, 0.5) is 17.6 Å². The van der Waals surface area contributed by atoms with E-state index in [0.717, 1.165) is 25.0 Å². The maximum absolute atomic E-state index is 13.8. The second-order valence-corrected chi connectivity index (χ2v) is 6.07. The summed E-state index contributed by atoms with van der Waals surface area (Å²) in [6.07, 6.45) is -1.37. The van der Waals surface area contributed by atoms with Crippen molar-refractivity contribution in [2.75, 3.05) is 0 Å². The number of hydrogen-bond acceptors (Lipinski definition) is 2. The van der Waals surface area contributed by atoms with Crippen molar-refractivity contribution in [3.05, 3.63) is 35.1 Å². The smallest absolute Gasteiger partial charge is 0.375 e. The Kier molecular flexibility index (Phi) is 3.97. The number of ether oxygens (including phenoxy) is 1. The fourth-order valence-corrected chi connectivity index (χ4v) is 3.32. The normalized spacial score (nSPS) is 27.9. The minimum absolute atomic E-state index is 0.0249. The van der Waals surface area contributed by atoms with Gasteiger partial charge in [0.05, 0.1) is 17.8 Å². The summed E-state index contributed by atoms with van der Waals surface area (Å²) in [4.78, 5) is 12.3. The second kappa shape index (κ2) is 5.65. The van der Waals surface area contributed by atoms with E-state index in [0.29, 0.717) is 18.9 Å². The average Bonchev–Trinajstić information content (AvgIpc) is 2.78. The fourth-order valence-electron chi connectivity index (χ4n) is 3.32. The molecule has 2 nitrogen and oxygen atoms in total. The van der Waals surface area contributed by atoms with E-state index in [1.807, 2.05) is 0 Å². The first-order chi connectivity index (χ1) is 10.3. The first kappa shape index (κ1) is 15.5. The molecule has 120 valence electrons. The molecule has 2 unspecified atom stereocenters. The topological polar surface area (TPSA) is 26.3 Å². The van der Waals surface area contributed by atoms with Crippen LogP contribution in [-0.2, 0) is 22.1 Å². The molecule has 2 bridgehead atoms. The zero-order valence-corrected chi connectivity index (χ0v) is 11.8. The standard InChI is InChI=1S/C16H16F4O2/c17-14-8-11(16(18,19)20)2-1-9(14)7-15(21)10-5-12-3-4-13(6-10)22-12/h1-2,8,10,12-13H,3-7H2. The summed E-state index contributed by atoms with van der Waals surface area (Å²) < 4.78 is 56.9. The van der Waals surface area contributed by atoms with Gasteiger partial charge in [0, 0.05) is 12.3 Å². The van der Waals surface area contributed by atoms with Gasteiger partial charge in [-0.3, -0.25) is 4.79 Å². The average molecular weight is 316 g/mol. The van der Waals surface area contributed by atoms with Gasteiger partial charge >= 0.3 is 6.18 Å². The molecule has 2 aliphatic heterocycles. The van der Waals surface area contributed by atoms with E-state index in [4.69, 9.17) is 4.74 Å². The van der Waals surface area contributed by atoms with Crippen LogP contribution >= 0.6 is 0 Å². The number of alkyl halides is 3. The van der Waals surface area contributed by atoms with Crippen molar-refractivity contribution in [3.8, 4) is 0 Å². The summed E-state index contributed by atoms with van der Waals surface area (Å²) in [7, 11) is 0. The maximum atomic E-state index is 13.8. The molecule has 1 aromatic rings. The van der Waals surface area contributed by atoms with Crippen molar-refractivity contribution in [2.45, 2.75) is 50.5 Å². The Hall–Kier alpha value is -1.43. The van der Waals surface area contributed by atoms with Gasteiger partial charge in [0.2, 0.25) is 0 Å². The summed E-state index contributed by atoms with van der Waals surface area (Å²) >= 11 is 0. The van der Waals surface area contributed by atoms with Gasteiger partial charge in [-0.05, 0) is 43.4 Å². The number of ketones is 1. The van der Waals surface area contributed by atoms with E-state index < -0.39 is 17.6 Å². The van der Waals surface area contributed by atoms with E-state index >= 15 is 0 Å². The van der Waals surface area contributed by atoms with Crippen molar-refractivity contribution >= 4 is 5.78 Å². The number of Topliss-reactive ketones (excluding diaryl/α,β-unsaturated/α-hetero) is 1. The fraction of sp³-hybridized carbons (Fsp3) is 0.562. The summed E-state index contributed by atoms with van der Waals surface area (Å²) in [6, 6.07) is 2.33. The molecule has 6 heteroatoms. The lowest BCUT2D eigenvalue weighted by molar-refractivity contribution is -0.137. The molecule has 0 aromatic heterocycles. The highest BCUT2D eigenvalue weighted by Crippen LogP contribution is 2.37. The molecule has 0 aliphatic carbocycles. The second-order valence-electron chi connectivity index (χ2n) is 6.07. The van der Waals surface area contributed by atoms with Gasteiger partial charge in [-0.1, -0.05) is 6.07 Å². The van der Waals surface area contributed by atoms with Crippen molar-refractivity contribution in [1.82, 2.24) is 0 Å². The maximum Gasteiger partial charge on any atom is 0.416 e. The molecule has 3 rings (SSSR count). The predicted molar refractivity (Wildman–Crippen MR) is 70.7 cm³/mol. The van der Waals surface area contributed by atoms with Crippen LogP contribution in [0, 0.1) is 11.7 Å². The molecule has 2 saturated heterocycles. The van der Waals surface area contributed by atoms with E-state index in [1.54, 1.807) is 0 Å². The molecule has 0 spiro atoms. The monoisotopic (exact) mass is 316 g/mol. The third kappa shape index (κ3) is 3.16. The first-order valence-corrected chi connectivity index (χ1v) is 7.36. The number of carbonyl (C=O) groups is 1. The van der Waals surface area contributed by atoms with Gasteiger partial charge in [0.15, 0.2) is 0 Å². The number of halogens is 4. The molecule has 2 atom stereocenters. The van der Waals surface area contributed by atoms with Gasteiger partial charge in [-0.15, -0.1) is 0 Å². The van der Waals surface area contributed by atoms with Crippen LogP contribution in [0.15, 0.2) is 18.2 Å². The highest BCUT2D eigenvalue weighted by molar-refractivity contribution is 5.83. The van der Waals surface area contributed by atoms with E-state index in [-0.39, 0.29) is 35.9 Å². The van der Waals surface area contributed by atoms with E-state index in [1.165, 1.54) is 0 Å². The Morgan fingerprint density at radius 2 is 1.82 bits per heavy atom. The van der Waals surface area contributed by atoms with Crippen molar-refractivity contribution in [3.63, 3.8) is 0 Å². The lowest BCUT2D eigenvalue weighted by Crippen LogP contribution is -2.31. The molecule has 2 aliphatic rings. The lowest BCUT2D eigenvalue weighted by Gasteiger charge is -2.27. The van der Waals surface area contributed by atoms with E-state index in [2.05, 4.69) is 0 Å². The Bertz CT molecular complexity index is 570.